The average molecular weight is 263 g/mol. The molecule has 1 unspecified atom stereocenters. The number of nitrogens with zero attached hydrogens (tertiary/aromatic N) is 1. The van der Waals surface area contributed by atoms with Crippen LogP contribution >= 0.6 is 12.4 Å². The SMILES string of the molecule is CNC1CCCN(C(=O)CCC(C)(C)C)C1.Cl. The summed E-state index contributed by atoms with van der Waals surface area (Å²) in [6.07, 6.45) is 4.00. The summed E-state index contributed by atoms with van der Waals surface area (Å²) in [7, 11) is 1.98. The number of hydrogen-bond acceptors (Lipinski definition) is 2. The number of likely N-dealkylation sites (tertiary alicyclic amines) is 1. The molecule has 0 spiro atoms. The van der Waals surface area contributed by atoms with Crippen LogP contribution < -0.4 is 5.32 Å². The van der Waals surface area contributed by atoms with Gasteiger partial charge in [-0.05, 0) is 31.7 Å². The first-order valence-corrected chi connectivity index (χ1v) is 6.37. The molecule has 1 amide bonds. The van der Waals surface area contributed by atoms with Gasteiger partial charge in [0.05, 0.1) is 0 Å². The Bertz CT molecular complexity index is 238. The van der Waals surface area contributed by atoms with Crippen LogP contribution in [0.5, 0.6) is 0 Å². The van der Waals surface area contributed by atoms with Crippen LogP contribution in [0.4, 0.5) is 0 Å². The maximum Gasteiger partial charge on any atom is 0.222 e. The molecule has 1 saturated heterocycles. The smallest absolute Gasteiger partial charge is 0.222 e. The van der Waals surface area contributed by atoms with Gasteiger partial charge in [0, 0.05) is 25.6 Å². The second kappa shape index (κ2) is 7.22. The molecule has 0 radical (unpaired) electrons. The molecule has 0 saturated carbocycles. The molecule has 0 bridgehead atoms. The molecule has 0 aliphatic carbocycles. The van der Waals surface area contributed by atoms with Crippen molar-refractivity contribution in [3.8, 4) is 0 Å². The Balaban J connectivity index is 0.00000256. The van der Waals surface area contributed by atoms with Crippen molar-refractivity contribution < 1.29 is 4.79 Å². The quantitative estimate of drug-likeness (QED) is 0.847. The van der Waals surface area contributed by atoms with Gasteiger partial charge in [-0.2, -0.15) is 0 Å². The highest BCUT2D eigenvalue weighted by Crippen LogP contribution is 2.22. The van der Waals surface area contributed by atoms with E-state index in [1.54, 1.807) is 0 Å². The first kappa shape index (κ1) is 16.7. The van der Waals surface area contributed by atoms with E-state index >= 15 is 0 Å². The lowest BCUT2D eigenvalue weighted by Crippen LogP contribution is -2.47. The molecule has 1 atom stereocenters. The molecular formula is C13H27ClN2O. The summed E-state index contributed by atoms with van der Waals surface area (Å²) < 4.78 is 0. The molecule has 17 heavy (non-hydrogen) atoms. The normalized spacial score (nSPS) is 20.9. The Kier molecular flexibility index (Phi) is 7.10. The third kappa shape index (κ3) is 6.27. The number of carbonyl (C=O) groups excluding carboxylic acids is 1. The zero-order valence-electron chi connectivity index (χ0n) is 11.6. The molecule has 1 rings (SSSR count). The molecule has 1 aliphatic heterocycles. The minimum Gasteiger partial charge on any atom is -0.341 e. The second-order valence-electron chi connectivity index (χ2n) is 6.03. The lowest BCUT2D eigenvalue weighted by Gasteiger charge is -2.33. The minimum atomic E-state index is 0. The summed E-state index contributed by atoms with van der Waals surface area (Å²) in [5.74, 6) is 0.329. The number of carbonyl (C=O) groups is 1. The summed E-state index contributed by atoms with van der Waals surface area (Å²) in [6.45, 7) is 8.40. The van der Waals surface area contributed by atoms with Crippen LogP contribution in [0.25, 0.3) is 0 Å². The Morgan fingerprint density at radius 2 is 2.06 bits per heavy atom. The maximum atomic E-state index is 12.0. The predicted octanol–water partition coefficient (Wildman–Crippen LogP) is 2.44. The first-order chi connectivity index (χ1) is 7.42. The molecule has 1 aliphatic rings. The number of nitrogens with one attached hydrogen (secondary N) is 1. The summed E-state index contributed by atoms with van der Waals surface area (Å²) in [6, 6.07) is 0.493. The molecule has 1 heterocycles. The van der Waals surface area contributed by atoms with E-state index < -0.39 is 0 Å². The number of halogens is 1. The van der Waals surface area contributed by atoms with Crippen LogP contribution in [-0.2, 0) is 4.79 Å². The largest absolute Gasteiger partial charge is 0.341 e. The molecule has 0 aromatic carbocycles. The topological polar surface area (TPSA) is 32.3 Å². The van der Waals surface area contributed by atoms with Crippen molar-refractivity contribution in [2.45, 2.75) is 52.5 Å². The van der Waals surface area contributed by atoms with Crippen molar-refractivity contribution in [2.24, 2.45) is 5.41 Å². The molecule has 4 heteroatoms. The van der Waals surface area contributed by atoms with Crippen molar-refractivity contribution in [1.29, 1.82) is 0 Å². The summed E-state index contributed by atoms with van der Waals surface area (Å²) in [5, 5.41) is 3.27. The molecule has 1 N–H and O–H groups in total. The fraction of sp³-hybridized carbons (Fsp3) is 0.923. The summed E-state index contributed by atoms with van der Waals surface area (Å²) in [4.78, 5) is 14.0. The minimum absolute atomic E-state index is 0. The van der Waals surface area contributed by atoms with Crippen molar-refractivity contribution in [2.75, 3.05) is 20.1 Å². The molecule has 1 fully saturated rings. The van der Waals surface area contributed by atoms with Crippen LogP contribution in [0.2, 0.25) is 0 Å². The maximum absolute atomic E-state index is 12.0. The van der Waals surface area contributed by atoms with Gasteiger partial charge in [-0.25, -0.2) is 0 Å². The van der Waals surface area contributed by atoms with Crippen molar-refractivity contribution >= 4 is 18.3 Å². The highest BCUT2D eigenvalue weighted by Gasteiger charge is 2.23. The van der Waals surface area contributed by atoms with E-state index in [0.717, 1.165) is 25.9 Å². The van der Waals surface area contributed by atoms with E-state index in [9.17, 15) is 4.79 Å². The third-order valence-corrected chi connectivity index (χ3v) is 3.27. The molecule has 0 aromatic rings. The second-order valence-corrected chi connectivity index (χ2v) is 6.03. The van der Waals surface area contributed by atoms with Gasteiger partial charge in [-0.1, -0.05) is 20.8 Å². The highest BCUT2D eigenvalue weighted by atomic mass is 35.5. The van der Waals surface area contributed by atoms with E-state index in [4.69, 9.17) is 0 Å². The fourth-order valence-electron chi connectivity index (χ4n) is 2.08. The monoisotopic (exact) mass is 262 g/mol. The van der Waals surface area contributed by atoms with E-state index in [2.05, 4.69) is 26.1 Å². The first-order valence-electron chi connectivity index (χ1n) is 6.37. The van der Waals surface area contributed by atoms with Gasteiger partial charge >= 0.3 is 0 Å². The zero-order chi connectivity index (χ0) is 12.2. The van der Waals surface area contributed by atoms with Gasteiger partial charge in [0.15, 0.2) is 0 Å². The lowest BCUT2D eigenvalue weighted by molar-refractivity contribution is -0.133. The van der Waals surface area contributed by atoms with E-state index in [0.29, 0.717) is 18.4 Å². The van der Waals surface area contributed by atoms with Crippen molar-refractivity contribution in [3.05, 3.63) is 0 Å². The molecule has 0 aromatic heterocycles. The van der Waals surface area contributed by atoms with Gasteiger partial charge in [0.1, 0.15) is 0 Å². The van der Waals surface area contributed by atoms with Gasteiger partial charge in [0.25, 0.3) is 0 Å². The molecular weight excluding hydrogens is 236 g/mol. The van der Waals surface area contributed by atoms with Crippen LogP contribution in [0.1, 0.15) is 46.5 Å². The number of likely N-dealkylation sites (N-methyl/N-ethyl adjacent to an activating group) is 1. The van der Waals surface area contributed by atoms with E-state index in [-0.39, 0.29) is 17.8 Å². The van der Waals surface area contributed by atoms with Gasteiger partial charge in [0.2, 0.25) is 5.91 Å². The van der Waals surface area contributed by atoms with E-state index in [1.807, 2.05) is 11.9 Å². The Hall–Kier alpha value is -0.280. The third-order valence-electron chi connectivity index (χ3n) is 3.27. The van der Waals surface area contributed by atoms with Gasteiger partial charge in [-0.15, -0.1) is 12.4 Å². The molecule has 3 nitrogen and oxygen atoms in total. The number of rotatable bonds is 3. The lowest BCUT2D eigenvalue weighted by atomic mass is 9.90. The number of piperidine rings is 1. The van der Waals surface area contributed by atoms with E-state index in [1.165, 1.54) is 6.42 Å². The summed E-state index contributed by atoms with van der Waals surface area (Å²) in [5.41, 5.74) is 0.258. The Morgan fingerprint density at radius 3 is 2.59 bits per heavy atom. The standard InChI is InChI=1S/C13H26N2O.ClH/c1-13(2,3)8-7-12(16)15-9-5-6-11(10-15)14-4;/h11,14H,5-10H2,1-4H3;1H. The van der Waals surface area contributed by atoms with Gasteiger partial charge in [-0.3, -0.25) is 4.79 Å². The van der Waals surface area contributed by atoms with Crippen LogP contribution in [0.3, 0.4) is 0 Å². The van der Waals surface area contributed by atoms with Crippen LogP contribution in [0.15, 0.2) is 0 Å². The fourth-order valence-corrected chi connectivity index (χ4v) is 2.08. The van der Waals surface area contributed by atoms with Gasteiger partial charge < -0.3 is 10.2 Å². The van der Waals surface area contributed by atoms with Crippen molar-refractivity contribution in [1.82, 2.24) is 10.2 Å². The number of hydrogen-bond donors (Lipinski definition) is 1. The highest BCUT2D eigenvalue weighted by molar-refractivity contribution is 5.85. The number of amides is 1. The van der Waals surface area contributed by atoms with Crippen LogP contribution in [-0.4, -0.2) is 37.0 Å². The molecule has 102 valence electrons. The van der Waals surface area contributed by atoms with Crippen molar-refractivity contribution in [3.63, 3.8) is 0 Å². The predicted molar refractivity (Wildman–Crippen MR) is 74.6 cm³/mol. The Morgan fingerprint density at radius 1 is 1.41 bits per heavy atom. The average Bonchev–Trinajstić information content (AvgIpc) is 2.25. The zero-order valence-corrected chi connectivity index (χ0v) is 12.4. The summed E-state index contributed by atoms with van der Waals surface area (Å²) >= 11 is 0. The Labute approximate surface area is 112 Å². The van der Waals surface area contributed by atoms with Crippen LogP contribution in [0, 0.1) is 5.41 Å².